The molecule has 0 radical (unpaired) electrons. The Labute approximate surface area is 176 Å². The molecule has 2 aromatic heterocycles. The zero-order valence-electron chi connectivity index (χ0n) is 17.9. The van der Waals surface area contributed by atoms with E-state index in [0.717, 1.165) is 52.9 Å². The standard InChI is InChI=1S/C22H27N7O/c1-15-9-16(2)11-19(10-15)26-22(30)28-7-5-27(6-8-28)20-12-21(24-13-23-20)29-14-25-17(3)18(29)4/h9-14H,5-8H2,1-4H3,(H,26,30). The molecule has 2 amide bonds. The molecule has 8 heteroatoms. The van der Waals surface area contributed by atoms with Crippen molar-refractivity contribution in [2.45, 2.75) is 27.7 Å². The molecule has 30 heavy (non-hydrogen) atoms. The molecule has 0 unspecified atom stereocenters. The maximum Gasteiger partial charge on any atom is 0.321 e. The third kappa shape index (κ3) is 4.12. The van der Waals surface area contributed by atoms with Gasteiger partial charge in [0.1, 0.15) is 24.3 Å². The SMILES string of the molecule is Cc1cc(C)cc(NC(=O)N2CCN(c3cc(-n4cnc(C)c4C)ncn3)CC2)c1. The highest BCUT2D eigenvalue weighted by Crippen LogP contribution is 2.19. The number of imidazole rings is 1. The van der Waals surface area contributed by atoms with Gasteiger partial charge >= 0.3 is 6.03 Å². The van der Waals surface area contributed by atoms with Crippen molar-refractivity contribution in [1.29, 1.82) is 0 Å². The van der Waals surface area contributed by atoms with Crippen molar-refractivity contribution in [3.63, 3.8) is 0 Å². The highest BCUT2D eigenvalue weighted by atomic mass is 16.2. The molecule has 0 spiro atoms. The lowest BCUT2D eigenvalue weighted by Gasteiger charge is -2.35. The van der Waals surface area contributed by atoms with Crippen LogP contribution in [0.15, 0.2) is 36.9 Å². The first kappa shape index (κ1) is 19.9. The van der Waals surface area contributed by atoms with Crippen molar-refractivity contribution in [1.82, 2.24) is 24.4 Å². The Morgan fingerprint density at radius 2 is 1.53 bits per heavy atom. The molecular formula is C22H27N7O. The number of benzene rings is 1. The van der Waals surface area contributed by atoms with Crippen molar-refractivity contribution in [3.8, 4) is 5.82 Å². The first-order valence-corrected chi connectivity index (χ1v) is 10.1. The summed E-state index contributed by atoms with van der Waals surface area (Å²) in [6.07, 6.45) is 3.37. The summed E-state index contributed by atoms with van der Waals surface area (Å²) in [4.78, 5) is 29.9. The van der Waals surface area contributed by atoms with Crippen LogP contribution < -0.4 is 10.2 Å². The Kier molecular flexibility index (Phi) is 5.39. The quantitative estimate of drug-likeness (QED) is 0.724. The number of nitrogens with one attached hydrogen (secondary N) is 1. The minimum absolute atomic E-state index is 0.0625. The Hall–Kier alpha value is -3.42. The third-order valence-electron chi connectivity index (χ3n) is 5.50. The number of nitrogens with zero attached hydrogens (tertiary/aromatic N) is 6. The molecule has 4 rings (SSSR count). The number of aryl methyl sites for hydroxylation is 3. The summed E-state index contributed by atoms with van der Waals surface area (Å²) >= 11 is 0. The Morgan fingerprint density at radius 1 is 0.867 bits per heavy atom. The molecule has 0 bridgehead atoms. The van der Waals surface area contributed by atoms with Crippen molar-refractivity contribution in [2.75, 3.05) is 36.4 Å². The molecule has 1 saturated heterocycles. The minimum Gasteiger partial charge on any atom is -0.353 e. The van der Waals surface area contributed by atoms with E-state index in [4.69, 9.17) is 0 Å². The Morgan fingerprint density at radius 3 is 2.17 bits per heavy atom. The molecule has 0 aliphatic carbocycles. The summed E-state index contributed by atoms with van der Waals surface area (Å²) in [5.74, 6) is 1.66. The number of anilines is 2. The first-order chi connectivity index (χ1) is 14.4. The molecule has 0 saturated carbocycles. The molecule has 1 aliphatic rings. The van der Waals surface area contributed by atoms with Gasteiger partial charge in [0.25, 0.3) is 0 Å². The highest BCUT2D eigenvalue weighted by Gasteiger charge is 2.22. The van der Waals surface area contributed by atoms with E-state index in [1.54, 1.807) is 12.7 Å². The molecule has 0 atom stereocenters. The fraction of sp³-hybridized carbons (Fsp3) is 0.364. The van der Waals surface area contributed by atoms with Gasteiger partial charge in [-0.05, 0) is 51.0 Å². The van der Waals surface area contributed by atoms with Crippen LogP contribution >= 0.6 is 0 Å². The van der Waals surface area contributed by atoms with Gasteiger partial charge in [0.2, 0.25) is 0 Å². The van der Waals surface area contributed by atoms with E-state index in [0.29, 0.717) is 13.1 Å². The van der Waals surface area contributed by atoms with Gasteiger partial charge in [0.15, 0.2) is 0 Å². The highest BCUT2D eigenvalue weighted by molar-refractivity contribution is 5.89. The summed E-state index contributed by atoms with van der Waals surface area (Å²) in [7, 11) is 0. The van der Waals surface area contributed by atoms with Gasteiger partial charge in [-0.3, -0.25) is 4.57 Å². The molecule has 3 aromatic rings. The summed E-state index contributed by atoms with van der Waals surface area (Å²) in [5, 5.41) is 3.02. The van der Waals surface area contributed by atoms with Crippen LogP contribution in [0.25, 0.3) is 5.82 Å². The van der Waals surface area contributed by atoms with Gasteiger partial charge in [-0.1, -0.05) is 6.07 Å². The van der Waals surface area contributed by atoms with Crippen LogP contribution in [0, 0.1) is 27.7 Å². The van der Waals surface area contributed by atoms with Crippen molar-refractivity contribution >= 4 is 17.5 Å². The molecule has 1 aliphatic heterocycles. The van der Waals surface area contributed by atoms with Gasteiger partial charge in [0, 0.05) is 43.6 Å². The average molecular weight is 406 g/mol. The fourth-order valence-corrected chi connectivity index (χ4v) is 3.76. The number of urea groups is 1. The predicted octanol–water partition coefficient (Wildman–Crippen LogP) is 3.25. The zero-order chi connectivity index (χ0) is 21.3. The number of hydrogen-bond donors (Lipinski definition) is 1. The number of hydrogen-bond acceptors (Lipinski definition) is 5. The average Bonchev–Trinajstić information content (AvgIpc) is 3.06. The molecule has 3 heterocycles. The first-order valence-electron chi connectivity index (χ1n) is 10.1. The number of aromatic nitrogens is 4. The Balaban J connectivity index is 1.40. The van der Waals surface area contributed by atoms with Gasteiger partial charge in [-0.15, -0.1) is 0 Å². The van der Waals surface area contributed by atoms with Crippen LogP contribution in [0.3, 0.4) is 0 Å². The van der Waals surface area contributed by atoms with Crippen LogP contribution in [0.4, 0.5) is 16.3 Å². The number of amides is 2. The van der Waals surface area contributed by atoms with Crippen molar-refractivity contribution in [3.05, 3.63) is 59.4 Å². The van der Waals surface area contributed by atoms with Crippen LogP contribution in [0.1, 0.15) is 22.5 Å². The molecule has 1 N–H and O–H groups in total. The molecule has 1 fully saturated rings. The van der Waals surface area contributed by atoms with E-state index >= 15 is 0 Å². The lowest BCUT2D eigenvalue weighted by atomic mass is 10.1. The van der Waals surface area contributed by atoms with Crippen molar-refractivity contribution in [2.24, 2.45) is 0 Å². The smallest absolute Gasteiger partial charge is 0.321 e. The predicted molar refractivity (Wildman–Crippen MR) is 117 cm³/mol. The molecule has 156 valence electrons. The summed E-state index contributed by atoms with van der Waals surface area (Å²) in [6, 6.07) is 7.98. The number of carbonyl (C=O) groups is 1. The second-order valence-electron chi connectivity index (χ2n) is 7.80. The fourth-order valence-electron chi connectivity index (χ4n) is 3.76. The summed E-state index contributed by atoms with van der Waals surface area (Å²) in [6.45, 7) is 10.8. The second-order valence-corrected chi connectivity index (χ2v) is 7.80. The van der Waals surface area contributed by atoms with Crippen LogP contribution in [-0.4, -0.2) is 56.6 Å². The van der Waals surface area contributed by atoms with Gasteiger partial charge < -0.3 is 15.1 Å². The van der Waals surface area contributed by atoms with Gasteiger partial charge in [-0.2, -0.15) is 0 Å². The van der Waals surface area contributed by atoms with E-state index in [9.17, 15) is 4.79 Å². The third-order valence-corrected chi connectivity index (χ3v) is 5.50. The lowest BCUT2D eigenvalue weighted by molar-refractivity contribution is 0.208. The van der Waals surface area contributed by atoms with Gasteiger partial charge in [-0.25, -0.2) is 19.7 Å². The number of carbonyl (C=O) groups excluding carboxylic acids is 1. The Bertz CT molecular complexity index is 1050. The number of rotatable bonds is 3. The van der Waals surface area contributed by atoms with E-state index in [1.165, 1.54) is 0 Å². The number of piperazine rings is 1. The van der Waals surface area contributed by atoms with Crippen LogP contribution in [0.2, 0.25) is 0 Å². The van der Waals surface area contributed by atoms with Crippen LogP contribution in [0.5, 0.6) is 0 Å². The van der Waals surface area contributed by atoms with Crippen LogP contribution in [-0.2, 0) is 0 Å². The monoisotopic (exact) mass is 405 g/mol. The lowest BCUT2D eigenvalue weighted by Crippen LogP contribution is -2.50. The van der Waals surface area contributed by atoms with Crippen molar-refractivity contribution < 1.29 is 4.79 Å². The molecule has 1 aromatic carbocycles. The second kappa shape index (κ2) is 8.14. The maximum absolute atomic E-state index is 12.7. The molecule has 8 nitrogen and oxygen atoms in total. The van der Waals surface area contributed by atoms with Gasteiger partial charge in [0.05, 0.1) is 5.69 Å². The van der Waals surface area contributed by atoms with E-state index < -0.39 is 0 Å². The maximum atomic E-state index is 12.7. The largest absolute Gasteiger partial charge is 0.353 e. The zero-order valence-corrected chi connectivity index (χ0v) is 17.9. The summed E-state index contributed by atoms with van der Waals surface area (Å²) in [5.41, 5.74) is 5.16. The van der Waals surface area contributed by atoms with E-state index in [2.05, 4.69) is 31.2 Å². The summed E-state index contributed by atoms with van der Waals surface area (Å²) < 4.78 is 1.97. The van der Waals surface area contributed by atoms with E-state index in [-0.39, 0.29) is 6.03 Å². The normalized spacial score (nSPS) is 14.1. The topological polar surface area (TPSA) is 79.2 Å². The van der Waals surface area contributed by atoms with E-state index in [1.807, 2.05) is 55.4 Å². The molecular weight excluding hydrogens is 378 g/mol. The minimum atomic E-state index is -0.0625.